The number of hydrogen-bond acceptors (Lipinski definition) is 0. The summed E-state index contributed by atoms with van der Waals surface area (Å²) in [5.41, 5.74) is 6.10. The zero-order valence-electron chi connectivity index (χ0n) is 10.4. The highest BCUT2D eigenvalue weighted by Crippen LogP contribution is 2.32. The molecular formula is C16H17N. The Morgan fingerprint density at radius 3 is 2.18 bits per heavy atom. The van der Waals surface area contributed by atoms with Gasteiger partial charge < -0.3 is 4.57 Å². The summed E-state index contributed by atoms with van der Waals surface area (Å²) in [6.07, 6.45) is 3.72. The van der Waals surface area contributed by atoms with Gasteiger partial charge in [0.15, 0.2) is 0 Å². The molecule has 1 aromatic carbocycles. The average molecular weight is 223 g/mol. The Bertz CT molecular complexity index is 527. The summed E-state index contributed by atoms with van der Waals surface area (Å²) < 4.78 is 2.09. The van der Waals surface area contributed by atoms with Crippen molar-refractivity contribution >= 4 is 12.3 Å². The molecule has 0 spiro atoms. The van der Waals surface area contributed by atoms with Crippen LogP contribution in [0.25, 0.3) is 23.4 Å². The zero-order valence-corrected chi connectivity index (χ0v) is 10.4. The van der Waals surface area contributed by atoms with Gasteiger partial charge in [-0.05, 0) is 31.1 Å². The van der Waals surface area contributed by atoms with E-state index in [4.69, 9.17) is 0 Å². The minimum Gasteiger partial charge on any atom is -0.321 e. The maximum atomic E-state index is 3.88. The van der Waals surface area contributed by atoms with Crippen LogP contribution in [0.1, 0.15) is 17.0 Å². The number of aromatic nitrogens is 1. The molecule has 17 heavy (non-hydrogen) atoms. The first kappa shape index (κ1) is 11.5. The Morgan fingerprint density at radius 1 is 1.06 bits per heavy atom. The lowest BCUT2D eigenvalue weighted by molar-refractivity contribution is 1.07. The molecular weight excluding hydrogens is 206 g/mol. The van der Waals surface area contributed by atoms with Crippen LogP contribution < -0.4 is 0 Å². The summed E-state index contributed by atoms with van der Waals surface area (Å²) in [6, 6.07) is 10.4. The fourth-order valence-electron chi connectivity index (χ4n) is 2.40. The van der Waals surface area contributed by atoms with Crippen molar-refractivity contribution in [2.75, 3.05) is 0 Å². The van der Waals surface area contributed by atoms with E-state index in [0.717, 1.165) is 5.69 Å². The van der Waals surface area contributed by atoms with E-state index in [9.17, 15) is 0 Å². The topological polar surface area (TPSA) is 4.93 Å². The number of rotatable bonds is 3. The standard InChI is InChI=1S/C16H17N/c1-5-15-12(3)16(13(4)17(15)6-2)14-10-8-7-9-11-14/h5-11H,1-2H2,3-4H3. The predicted octanol–water partition coefficient (Wildman–Crippen LogP) is 4.52. The molecule has 0 aliphatic carbocycles. The summed E-state index contributed by atoms with van der Waals surface area (Å²) >= 11 is 0. The van der Waals surface area contributed by atoms with E-state index in [0.29, 0.717) is 0 Å². The second-order valence-electron chi connectivity index (χ2n) is 4.09. The number of nitrogens with zero attached hydrogens (tertiary/aromatic N) is 1. The van der Waals surface area contributed by atoms with Crippen molar-refractivity contribution < 1.29 is 0 Å². The number of hydrogen-bond donors (Lipinski definition) is 0. The molecule has 1 nitrogen and oxygen atoms in total. The molecule has 1 heteroatoms. The van der Waals surface area contributed by atoms with Crippen molar-refractivity contribution in [3.63, 3.8) is 0 Å². The van der Waals surface area contributed by atoms with Crippen LogP contribution in [0.3, 0.4) is 0 Å². The van der Waals surface area contributed by atoms with Crippen molar-refractivity contribution in [3.05, 3.63) is 60.4 Å². The molecule has 2 aromatic rings. The lowest BCUT2D eigenvalue weighted by Gasteiger charge is -2.03. The lowest BCUT2D eigenvalue weighted by atomic mass is 10.0. The van der Waals surface area contributed by atoms with Gasteiger partial charge in [0.25, 0.3) is 0 Å². The summed E-state index contributed by atoms with van der Waals surface area (Å²) in [5, 5.41) is 0. The van der Waals surface area contributed by atoms with Gasteiger partial charge >= 0.3 is 0 Å². The minimum atomic E-state index is 1.12. The second-order valence-corrected chi connectivity index (χ2v) is 4.09. The zero-order chi connectivity index (χ0) is 12.4. The molecule has 1 aromatic heterocycles. The fourth-order valence-corrected chi connectivity index (χ4v) is 2.40. The SMILES string of the molecule is C=Cc1c(C)c(-c2ccccc2)c(C)n1C=C. The molecule has 0 aliphatic rings. The monoisotopic (exact) mass is 223 g/mol. The van der Waals surface area contributed by atoms with Gasteiger partial charge in [-0.2, -0.15) is 0 Å². The molecule has 0 N–H and O–H groups in total. The third kappa shape index (κ3) is 1.74. The normalized spacial score (nSPS) is 10.2. The van der Waals surface area contributed by atoms with Gasteiger partial charge in [0.2, 0.25) is 0 Å². The molecule has 86 valence electrons. The number of benzene rings is 1. The molecule has 0 amide bonds. The van der Waals surface area contributed by atoms with Crippen LogP contribution in [0.2, 0.25) is 0 Å². The van der Waals surface area contributed by atoms with E-state index in [1.54, 1.807) is 0 Å². The first-order chi connectivity index (χ1) is 8.20. The predicted molar refractivity (Wildman–Crippen MR) is 75.8 cm³/mol. The maximum Gasteiger partial charge on any atom is 0.0482 e. The molecule has 0 saturated heterocycles. The van der Waals surface area contributed by atoms with Gasteiger partial charge in [0.1, 0.15) is 0 Å². The van der Waals surface area contributed by atoms with Crippen molar-refractivity contribution in [1.82, 2.24) is 4.57 Å². The van der Waals surface area contributed by atoms with Crippen LogP contribution in [-0.4, -0.2) is 4.57 Å². The van der Waals surface area contributed by atoms with Crippen molar-refractivity contribution in [1.29, 1.82) is 0 Å². The van der Waals surface area contributed by atoms with Gasteiger partial charge in [-0.3, -0.25) is 0 Å². The van der Waals surface area contributed by atoms with E-state index in [-0.39, 0.29) is 0 Å². The van der Waals surface area contributed by atoms with Crippen molar-refractivity contribution in [2.24, 2.45) is 0 Å². The fraction of sp³-hybridized carbons (Fsp3) is 0.125. The van der Waals surface area contributed by atoms with E-state index in [2.05, 4.69) is 55.8 Å². The Hall–Kier alpha value is -2.02. The molecule has 2 rings (SSSR count). The highest BCUT2D eigenvalue weighted by atomic mass is 15.0. The van der Waals surface area contributed by atoms with Crippen molar-refractivity contribution in [2.45, 2.75) is 13.8 Å². The van der Waals surface area contributed by atoms with Crippen LogP contribution >= 0.6 is 0 Å². The summed E-state index contributed by atoms with van der Waals surface area (Å²) in [5.74, 6) is 0. The highest BCUT2D eigenvalue weighted by molar-refractivity contribution is 5.76. The van der Waals surface area contributed by atoms with E-state index in [1.807, 2.05) is 18.3 Å². The van der Waals surface area contributed by atoms with Gasteiger partial charge in [-0.25, -0.2) is 0 Å². The van der Waals surface area contributed by atoms with E-state index >= 15 is 0 Å². The molecule has 0 unspecified atom stereocenters. The second kappa shape index (κ2) is 4.46. The first-order valence-corrected chi connectivity index (χ1v) is 5.72. The van der Waals surface area contributed by atoms with Gasteiger partial charge in [-0.15, -0.1) is 0 Å². The lowest BCUT2D eigenvalue weighted by Crippen LogP contribution is -1.91. The van der Waals surface area contributed by atoms with Crippen LogP contribution in [-0.2, 0) is 0 Å². The van der Waals surface area contributed by atoms with Gasteiger partial charge in [0.05, 0.1) is 0 Å². The molecule has 0 aliphatic heterocycles. The molecule has 0 fully saturated rings. The van der Waals surface area contributed by atoms with E-state index < -0.39 is 0 Å². The molecule has 0 saturated carbocycles. The molecule has 0 atom stereocenters. The summed E-state index contributed by atoms with van der Waals surface area (Å²) in [7, 11) is 0. The Balaban J connectivity index is 2.75. The molecule has 0 radical (unpaired) electrons. The average Bonchev–Trinajstić information content (AvgIpc) is 2.60. The van der Waals surface area contributed by atoms with E-state index in [1.165, 1.54) is 22.4 Å². The van der Waals surface area contributed by atoms with Gasteiger partial charge in [0, 0.05) is 23.2 Å². The smallest absolute Gasteiger partial charge is 0.0482 e. The summed E-state index contributed by atoms with van der Waals surface area (Å²) in [6.45, 7) is 12.0. The summed E-state index contributed by atoms with van der Waals surface area (Å²) in [4.78, 5) is 0. The highest BCUT2D eigenvalue weighted by Gasteiger charge is 2.14. The quantitative estimate of drug-likeness (QED) is 0.721. The Morgan fingerprint density at radius 2 is 1.71 bits per heavy atom. The Kier molecular flexibility index (Phi) is 3.01. The van der Waals surface area contributed by atoms with Crippen LogP contribution in [0.4, 0.5) is 0 Å². The Labute approximate surface area is 103 Å². The third-order valence-corrected chi connectivity index (χ3v) is 3.18. The first-order valence-electron chi connectivity index (χ1n) is 5.72. The van der Waals surface area contributed by atoms with Crippen LogP contribution in [0.5, 0.6) is 0 Å². The maximum absolute atomic E-state index is 3.88. The minimum absolute atomic E-state index is 1.12. The largest absolute Gasteiger partial charge is 0.321 e. The molecule has 1 heterocycles. The van der Waals surface area contributed by atoms with Crippen molar-refractivity contribution in [3.8, 4) is 11.1 Å². The van der Waals surface area contributed by atoms with Crippen LogP contribution in [0, 0.1) is 13.8 Å². The molecule has 0 bridgehead atoms. The third-order valence-electron chi connectivity index (χ3n) is 3.18. The van der Waals surface area contributed by atoms with Crippen LogP contribution in [0.15, 0.2) is 43.5 Å². The van der Waals surface area contributed by atoms with Gasteiger partial charge in [-0.1, -0.05) is 43.5 Å².